The van der Waals surface area contributed by atoms with Crippen molar-refractivity contribution in [1.29, 1.82) is 0 Å². The molecule has 1 N–H and O–H groups in total. The summed E-state index contributed by atoms with van der Waals surface area (Å²) in [4.78, 5) is 44.4. The molecule has 8 nitrogen and oxygen atoms in total. The highest BCUT2D eigenvalue weighted by Gasteiger charge is 2.75. The molecule has 3 saturated heterocycles. The van der Waals surface area contributed by atoms with Crippen LogP contribution in [0.1, 0.15) is 52.9 Å². The minimum atomic E-state index is -1.09. The van der Waals surface area contributed by atoms with Crippen molar-refractivity contribution in [2.24, 2.45) is 17.8 Å². The third kappa shape index (κ3) is 4.31. The van der Waals surface area contributed by atoms with Crippen molar-refractivity contribution in [3.05, 3.63) is 25.3 Å². The van der Waals surface area contributed by atoms with Gasteiger partial charge >= 0.3 is 5.97 Å². The molecule has 0 aromatic heterocycles. The van der Waals surface area contributed by atoms with Gasteiger partial charge in [0.2, 0.25) is 11.8 Å². The van der Waals surface area contributed by atoms with Gasteiger partial charge in [-0.15, -0.1) is 6.58 Å². The minimum Gasteiger partial charge on any atom is -0.461 e. The van der Waals surface area contributed by atoms with Gasteiger partial charge in [0.25, 0.3) is 0 Å². The van der Waals surface area contributed by atoms with Gasteiger partial charge in [-0.05, 0) is 25.2 Å². The summed E-state index contributed by atoms with van der Waals surface area (Å²) in [5, 5.41) is 10.3. The molecule has 0 saturated carbocycles. The maximum absolute atomic E-state index is 14.1. The van der Waals surface area contributed by atoms with Gasteiger partial charge in [0.05, 0.1) is 30.6 Å². The Morgan fingerprint density at radius 3 is 2.68 bits per heavy atom. The standard InChI is InChI=1S/C26H40N2O6/c1-6-10-14-27(13-7-2)24(31)22-26-12-11-19(34-26)20(25(32)33-15-8-3)21(26)23(30)28(22)18(16-29)17(5)9-4/h7-8,17-22,29H,2-3,6,9-16H2,1,4-5H3/t17-,18-,19-,20+,21-,22?,26?/m0/s1. The molecule has 2 amide bonds. The lowest BCUT2D eigenvalue weighted by molar-refractivity contribution is -0.156. The number of hydrogen-bond acceptors (Lipinski definition) is 6. The summed E-state index contributed by atoms with van der Waals surface area (Å²) in [5.74, 6) is -2.59. The van der Waals surface area contributed by atoms with E-state index in [-0.39, 0.29) is 30.9 Å². The van der Waals surface area contributed by atoms with Crippen LogP contribution in [0.3, 0.4) is 0 Å². The average molecular weight is 477 g/mol. The van der Waals surface area contributed by atoms with Crippen LogP contribution in [-0.2, 0) is 23.9 Å². The van der Waals surface area contributed by atoms with Crippen molar-refractivity contribution in [2.45, 2.75) is 76.7 Å². The van der Waals surface area contributed by atoms with E-state index in [9.17, 15) is 19.5 Å². The zero-order valence-corrected chi connectivity index (χ0v) is 20.8. The summed E-state index contributed by atoms with van der Waals surface area (Å²) in [7, 11) is 0. The smallest absolute Gasteiger partial charge is 0.312 e. The molecule has 7 atom stereocenters. The Morgan fingerprint density at radius 1 is 1.35 bits per heavy atom. The van der Waals surface area contributed by atoms with Crippen LogP contribution >= 0.6 is 0 Å². The first-order valence-electron chi connectivity index (χ1n) is 12.6. The van der Waals surface area contributed by atoms with Crippen molar-refractivity contribution in [3.8, 4) is 0 Å². The van der Waals surface area contributed by atoms with E-state index >= 15 is 0 Å². The van der Waals surface area contributed by atoms with Gasteiger partial charge in [-0.1, -0.05) is 52.3 Å². The van der Waals surface area contributed by atoms with Crippen molar-refractivity contribution in [2.75, 3.05) is 26.3 Å². The Morgan fingerprint density at radius 2 is 2.09 bits per heavy atom. The molecule has 34 heavy (non-hydrogen) atoms. The number of esters is 1. The zero-order chi connectivity index (χ0) is 25.0. The van der Waals surface area contributed by atoms with E-state index in [2.05, 4.69) is 20.1 Å². The molecule has 1 spiro atoms. The van der Waals surface area contributed by atoms with E-state index in [1.54, 1.807) is 15.9 Å². The lowest BCUT2D eigenvalue weighted by atomic mass is 9.70. The number of aliphatic hydroxyl groups is 1. The van der Waals surface area contributed by atoms with Gasteiger partial charge in [0.15, 0.2) is 0 Å². The number of unbranched alkanes of at least 4 members (excludes halogenated alkanes) is 1. The number of nitrogens with zero attached hydrogens (tertiary/aromatic N) is 2. The van der Waals surface area contributed by atoms with Crippen molar-refractivity contribution >= 4 is 17.8 Å². The van der Waals surface area contributed by atoms with Crippen LogP contribution in [0.5, 0.6) is 0 Å². The average Bonchev–Trinajstić information content (AvgIpc) is 3.48. The summed E-state index contributed by atoms with van der Waals surface area (Å²) >= 11 is 0. The molecular weight excluding hydrogens is 436 g/mol. The fourth-order valence-corrected chi connectivity index (χ4v) is 6.02. The van der Waals surface area contributed by atoms with Crippen LogP contribution in [0.25, 0.3) is 0 Å². The van der Waals surface area contributed by atoms with Gasteiger partial charge in [-0.3, -0.25) is 14.4 Å². The number of carbonyl (C=O) groups is 3. The Bertz CT molecular complexity index is 800. The summed E-state index contributed by atoms with van der Waals surface area (Å²) < 4.78 is 11.8. The highest BCUT2D eigenvalue weighted by atomic mass is 16.6. The molecule has 0 aromatic carbocycles. The first kappa shape index (κ1) is 26.4. The Hall–Kier alpha value is -2.19. The number of aliphatic hydroxyl groups excluding tert-OH is 1. The third-order valence-electron chi connectivity index (χ3n) is 7.88. The second-order valence-electron chi connectivity index (χ2n) is 9.78. The Labute approximate surface area is 202 Å². The van der Waals surface area contributed by atoms with Gasteiger partial charge in [0, 0.05) is 13.1 Å². The number of rotatable bonds is 13. The highest BCUT2D eigenvalue weighted by Crippen LogP contribution is 2.59. The molecule has 0 aliphatic carbocycles. The number of fused-ring (bicyclic) bond motifs is 1. The predicted octanol–water partition coefficient (Wildman–Crippen LogP) is 2.31. The van der Waals surface area contributed by atoms with Crippen molar-refractivity contribution in [1.82, 2.24) is 9.80 Å². The van der Waals surface area contributed by atoms with Crippen LogP contribution in [0.15, 0.2) is 25.3 Å². The molecule has 3 heterocycles. The summed E-state index contributed by atoms with van der Waals surface area (Å²) in [6.07, 6.45) is 6.29. The lowest BCUT2D eigenvalue weighted by Gasteiger charge is -2.41. The minimum absolute atomic E-state index is 0.0358. The molecule has 2 bridgehead atoms. The SMILES string of the molecule is C=CCOC(=O)[C@@H]1[C@@H]2CCC3(O2)C(C(=O)N(CC=C)CCCC)N([C@@H](CO)[C@@H](C)CC)C(=O)[C@H]13. The zero-order valence-electron chi connectivity index (χ0n) is 20.8. The fourth-order valence-electron chi connectivity index (χ4n) is 6.02. The Balaban J connectivity index is 2.07. The molecule has 3 aliphatic rings. The summed E-state index contributed by atoms with van der Waals surface area (Å²) in [6.45, 7) is 14.1. The van der Waals surface area contributed by atoms with E-state index in [4.69, 9.17) is 9.47 Å². The largest absolute Gasteiger partial charge is 0.461 e. The van der Waals surface area contributed by atoms with Crippen molar-refractivity contribution in [3.63, 3.8) is 0 Å². The maximum Gasteiger partial charge on any atom is 0.312 e. The van der Waals surface area contributed by atoms with Crippen LogP contribution in [0.4, 0.5) is 0 Å². The second kappa shape index (κ2) is 11.0. The van der Waals surface area contributed by atoms with Crippen LogP contribution < -0.4 is 0 Å². The second-order valence-corrected chi connectivity index (χ2v) is 9.78. The van der Waals surface area contributed by atoms with Gasteiger partial charge in [-0.2, -0.15) is 0 Å². The third-order valence-corrected chi connectivity index (χ3v) is 7.88. The fraction of sp³-hybridized carbons (Fsp3) is 0.731. The molecule has 3 rings (SSSR count). The van der Waals surface area contributed by atoms with Crippen LogP contribution in [-0.4, -0.2) is 82.8 Å². The van der Waals surface area contributed by atoms with E-state index < -0.39 is 41.6 Å². The molecule has 8 heteroatoms. The van der Waals surface area contributed by atoms with Gasteiger partial charge in [-0.25, -0.2) is 0 Å². The van der Waals surface area contributed by atoms with E-state index in [0.717, 1.165) is 19.3 Å². The molecule has 3 aliphatic heterocycles. The normalized spacial score (nSPS) is 31.2. The lowest BCUT2D eigenvalue weighted by Crippen LogP contribution is -2.59. The van der Waals surface area contributed by atoms with Crippen LogP contribution in [0, 0.1) is 17.8 Å². The van der Waals surface area contributed by atoms with E-state index in [1.165, 1.54) is 6.08 Å². The molecule has 3 fully saturated rings. The quantitative estimate of drug-likeness (QED) is 0.324. The summed E-state index contributed by atoms with van der Waals surface area (Å²) in [6, 6.07) is -1.44. The highest BCUT2D eigenvalue weighted by molar-refractivity contribution is 5.98. The number of amides is 2. The number of likely N-dealkylation sites (tertiary alicyclic amines) is 1. The van der Waals surface area contributed by atoms with Gasteiger partial charge in [0.1, 0.15) is 18.2 Å². The number of hydrogen-bond donors (Lipinski definition) is 1. The molecule has 190 valence electrons. The summed E-state index contributed by atoms with van der Waals surface area (Å²) in [5.41, 5.74) is -1.09. The first-order valence-corrected chi connectivity index (χ1v) is 12.6. The maximum atomic E-state index is 14.1. The molecule has 2 unspecified atom stereocenters. The molecule has 0 radical (unpaired) electrons. The molecular formula is C26H40N2O6. The van der Waals surface area contributed by atoms with Gasteiger partial charge < -0.3 is 24.4 Å². The topological polar surface area (TPSA) is 96.4 Å². The van der Waals surface area contributed by atoms with E-state index in [0.29, 0.717) is 25.9 Å². The van der Waals surface area contributed by atoms with Crippen LogP contribution in [0.2, 0.25) is 0 Å². The molecule has 0 aromatic rings. The monoisotopic (exact) mass is 476 g/mol. The van der Waals surface area contributed by atoms with Crippen molar-refractivity contribution < 1.29 is 29.0 Å². The number of carbonyl (C=O) groups excluding carboxylic acids is 3. The van der Waals surface area contributed by atoms with E-state index in [1.807, 2.05) is 13.8 Å². The first-order chi connectivity index (χ1) is 16.3. The predicted molar refractivity (Wildman–Crippen MR) is 128 cm³/mol. The Kier molecular flexibility index (Phi) is 8.57. The number of ether oxygens (including phenoxy) is 2.